The predicted molar refractivity (Wildman–Crippen MR) is 96.1 cm³/mol. The zero-order chi connectivity index (χ0) is 17.5. The Labute approximate surface area is 146 Å². The van der Waals surface area contributed by atoms with Crippen molar-refractivity contribution in [1.82, 2.24) is 0 Å². The highest BCUT2D eigenvalue weighted by atomic mass is 35.5. The average Bonchev–Trinajstić information content (AvgIpc) is 2.47. The molecule has 0 radical (unpaired) electrons. The first-order valence-corrected chi connectivity index (χ1v) is 9.99. The van der Waals surface area contributed by atoms with E-state index in [1.54, 1.807) is 11.0 Å². The third-order valence-corrected chi connectivity index (χ3v) is 5.85. The summed E-state index contributed by atoms with van der Waals surface area (Å²) in [5.74, 6) is 0.382. The summed E-state index contributed by atoms with van der Waals surface area (Å²) in [6.07, 6.45) is 5.84. The highest BCUT2D eigenvalue weighted by molar-refractivity contribution is 7.90. The topological polar surface area (TPSA) is 114 Å². The minimum Gasteiger partial charge on any atom is -0.369 e. The number of nitrogens with zero attached hydrogens (tertiary/aromatic N) is 3. The minimum atomic E-state index is -3.34. The van der Waals surface area contributed by atoms with Crippen LogP contribution >= 0.6 is 11.6 Å². The molecule has 1 saturated carbocycles. The van der Waals surface area contributed by atoms with Crippen molar-refractivity contribution in [3.63, 3.8) is 0 Å². The van der Waals surface area contributed by atoms with Gasteiger partial charge < -0.3 is 11.5 Å². The fourth-order valence-electron chi connectivity index (χ4n) is 3.37. The number of rotatable bonds is 2. The van der Waals surface area contributed by atoms with Gasteiger partial charge in [0, 0.05) is 6.26 Å². The number of anilines is 1. The molecule has 130 valence electrons. The number of hydrogen-bond acceptors (Lipinski definition) is 7. The van der Waals surface area contributed by atoms with Gasteiger partial charge in [0.1, 0.15) is 5.66 Å². The maximum Gasteiger partial charge on any atom is 0.220 e. The van der Waals surface area contributed by atoms with Crippen molar-refractivity contribution in [1.29, 1.82) is 0 Å². The molecule has 1 heterocycles. The van der Waals surface area contributed by atoms with E-state index in [4.69, 9.17) is 23.1 Å². The van der Waals surface area contributed by atoms with Crippen LogP contribution in [0.3, 0.4) is 0 Å². The van der Waals surface area contributed by atoms with Gasteiger partial charge >= 0.3 is 0 Å². The zero-order valence-corrected chi connectivity index (χ0v) is 14.9. The highest BCUT2D eigenvalue weighted by Crippen LogP contribution is 2.42. The molecule has 0 unspecified atom stereocenters. The van der Waals surface area contributed by atoms with E-state index in [1.807, 2.05) is 0 Å². The molecule has 0 atom stereocenters. The van der Waals surface area contributed by atoms with Gasteiger partial charge in [0.05, 0.1) is 15.6 Å². The monoisotopic (exact) mass is 369 g/mol. The molecular weight excluding hydrogens is 350 g/mol. The Bertz CT molecular complexity index is 828. The molecule has 1 aliphatic heterocycles. The Morgan fingerprint density at radius 1 is 1.21 bits per heavy atom. The van der Waals surface area contributed by atoms with Gasteiger partial charge in [-0.25, -0.2) is 13.4 Å². The number of aliphatic imine (C=N–C) groups is 2. The minimum absolute atomic E-state index is 0.157. The van der Waals surface area contributed by atoms with E-state index in [2.05, 4.69) is 9.98 Å². The summed E-state index contributed by atoms with van der Waals surface area (Å²) in [7, 11) is -3.34. The molecule has 1 aromatic rings. The van der Waals surface area contributed by atoms with Crippen LogP contribution in [0.15, 0.2) is 33.1 Å². The van der Waals surface area contributed by atoms with Crippen molar-refractivity contribution in [3.8, 4) is 0 Å². The van der Waals surface area contributed by atoms with E-state index >= 15 is 0 Å². The third kappa shape index (κ3) is 2.95. The Hall–Kier alpha value is -1.80. The summed E-state index contributed by atoms with van der Waals surface area (Å²) in [6.45, 7) is 0. The molecule has 0 bridgehead atoms. The van der Waals surface area contributed by atoms with Crippen LogP contribution in [0.4, 0.5) is 5.69 Å². The van der Waals surface area contributed by atoms with Gasteiger partial charge in [-0.3, -0.25) is 4.90 Å². The number of nitrogens with two attached hydrogens (primary N) is 2. The normalized spacial score (nSPS) is 20.7. The second kappa shape index (κ2) is 5.93. The number of benzene rings is 1. The van der Waals surface area contributed by atoms with E-state index in [9.17, 15) is 8.42 Å². The second-order valence-electron chi connectivity index (χ2n) is 6.20. The maximum atomic E-state index is 11.7. The fraction of sp³-hybridized carbons (Fsp3) is 0.467. The van der Waals surface area contributed by atoms with E-state index in [0.29, 0.717) is 5.69 Å². The van der Waals surface area contributed by atoms with Gasteiger partial charge in [0.25, 0.3) is 0 Å². The van der Waals surface area contributed by atoms with E-state index < -0.39 is 15.5 Å². The Morgan fingerprint density at radius 2 is 1.88 bits per heavy atom. The van der Waals surface area contributed by atoms with Crippen LogP contribution in [0.2, 0.25) is 5.02 Å². The molecule has 24 heavy (non-hydrogen) atoms. The first-order chi connectivity index (χ1) is 11.2. The van der Waals surface area contributed by atoms with Gasteiger partial charge in [0.15, 0.2) is 9.84 Å². The lowest BCUT2D eigenvalue weighted by atomic mass is 9.87. The quantitative estimate of drug-likeness (QED) is 0.825. The molecule has 0 aromatic heterocycles. The predicted octanol–water partition coefficient (Wildman–Crippen LogP) is 1.85. The van der Waals surface area contributed by atoms with Crippen LogP contribution in [0, 0.1) is 0 Å². The number of hydrogen-bond donors (Lipinski definition) is 2. The van der Waals surface area contributed by atoms with Crippen molar-refractivity contribution < 1.29 is 8.42 Å². The molecule has 1 aliphatic carbocycles. The molecule has 1 fully saturated rings. The smallest absolute Gasteiger partial charge is 0.220 e. The highest BCUT2D eigenvalue weighted by Gasteiger charge is 2.43. The molecule has 0 saturated heterocycles. The number of halogens is 1. The lowest BCUT2D eigenvalue weighted by Crippen LogP contribution is -2.58. The fourth-order valence-corrected chi connectivity index (χ4v) is 4.35. The summed E-state index contributed by atoms with van der Waals surface area (Å²) in [6, 6.07) is 4.59. The zero-order valence-electron chi connectivity index (χ0n) is 13.4. The molecule has 1 aromatic carbocycles. The van der Waals surface area contributed by atoms with E-state index in [1.165, 1.54) is 12.1 Å². The Morgan fingerprint density at radius 3 is 2.46 bits per heavy atom. The molecule has 2 aliphatic rings. The van der Waals surface area contributed by atoms with Gasteiger partial charge in [-0.05, 0) is 43.9 Å². The Balaban J connectivity index is 2.11. The summed E-state index contributed by atoms with van der Waals surface area (Å²) < 4.78 is 23.4. The van der Waals surface area contributed by atoms with Crippen LogP contribution in [0.1, 0.15) is 32.1 Å². The Kier molecular flexibility index (Phi) is 4.21. The maximum absolute atomic E-state index is 11.7. The lowest BCUT2D eigenvalue weighted by molar-refractivity contribution is 0.305. The lowest BCUT2D eigenvalue weighted by Gasteiger charge is -2.45. The first-order valence-electron chi connectivity index (χ1n) is 7.72. The van der Waals surface area contributed by atoms with E-state index in [0.717, 1.165) is 38.4 Å². The summed E-state index contributed by atoms with van der Waals surface area (Å²) in [4.78, 5) is 10.6. The van der Waals surface area contributed by atoms with Gasteiger partial charge in [0.2, 0.25) is 11.9 Å². The van der Waals surface area contributed by atoms with Crippen LogP contribution in [-0.4, -0.2) is 32.3 Å². The second-order valence-corrected chi connectivity index (χ2v) is 8.63. The summed E-state index contributed by atoms with van der Waals surface area (Å²) in [5.41, 5.74) is 12.0. The number of guanidine groups is 2. The summed E-state index contributed by atoms with van der Waals surface area (Å²) >= 11 is 6.38. The first kappa shape index (κ1) is 17.0. The van der Waals surface area contributed by atoms with Gasteiger partial charge in [-0.1, -0.05) is 18.0 Å². The molecule has 1 spiro atoms. The number of sulfone groups is 1. The SMILES string of the molecule is CS(=O)(=O)c1ccc(N2C(N)=NC(N)=NC23CCCCC3)c(Cl)c1. The average molecular weight is 370 g/mol. The molecule has 0 amide bonds. The van der Waals surface area contributed by atoms with Crippen molar-refractivity contribution in [3.05, 3.63) is 23.2 Å². The van der Waals surface area contributed by atoms with Crippen LogP contribution in [-0.2, 0) is 9.84 Å². The van der Waals surface area contributed by atoms with Crippen LogP contribution < -0.4 is 16.4 Å². The van der Waals surface area contributed by atoms with Crippen molar-refractivity contribution in [2.45, 2.75) is 42.7 Å². The summed E-state index contributed by atoms with van der Waals surface area (Å²) in [5, 5.41) is 0.289. The van der Waals surface area contributed by atoms with E-state index in [-0.39, 0.29) is 21.8 Å². The largest absolute Gasteiger partial charge is 0.369 e. The van der Waals surface area contributed by atoms with Gasteiger partial charge in [-0.2, -0.15) is 4.99 Å². The van der Waals surface area contributed by atoms with Crippen LogP contribution in [0.25, 0.3) is 0 Å². The molecular formula is C15H20ClN5O2S. The van der Waals surface area contributed by atoms with Gasteiger partial charge in [-0.15, -0.1) is 0 Å². The van der Waals surface area contributed by atoms with Crippen molar-refractivity contribution in [2.75, 3.05) is 11.2 Å². The van der Waals surface area contributed by atoms with Crippen molar-refractivity contribution >= 4 is 39.0 Å². The molecule has 3 rings (SSSR count). The van der Waals surface area contributed by atoms with Crippen molar-refractivity contribution in [2.24, 2.45) is 21.5 Å². The third-order valence-electron chi connectivity index (χ3n) is 4.44. The molecule has 7 nitrogen and oxygen atoms in total. The van der Waals surface area contributed by atoms with Crippen LogP contribution in [0.5, 0.6) is 0 Å². The molecule has 4 N–H and O–H groups in total. The molecule has 9 heteroatoms. The standard InChI is InChI=1S/C15H20ClN5O2S/c1-24(22,23)10-5-6-12(11(16)9-10)21-14(18)19-13(17)20-15(21)7-3-2-4-8-15/h5-6,9H,2-4,7-8H2,1H3,(H4,17,18,19,20).